The summed E-state index contributed by atoms with van der Waals surface area (Å²) in [6.45, 7) is 9.52. The Labute approximate surface area is 117 Å². The highest BCUT2D eigenvalue weighted by Crippen LogP contribution is 2.26. The van der Waals surface area contributed by atoms with Crippen molar-refractivity contribution in [2.45, 2.75) is 53.0 Å². The fourth-order valence-electron chi connectivity index (χ4n) is 1.90. The lowest BCUT2D eigenvalue weighted by atomic mass is 10.0. The van der Waals surface area contributed by atoms with Crippen LogP contribution in [0.15, 0.2) is 18.2 Å². The molecule has 0 saturated heterocycles. The van der Waals surface area contributed by atoms with Crippen LogP contribution in [-0.4, -0.2) is 12.6 Å². The Balaban J connectivity index is 2.58. The summed E-state index contributed by atoms with van der Waals surface area (Å²) in [7, 11) is 0. The van der Waals surface area contributed by atoms with Crippen LogP contribution in [0.1, 0.15) is 47.0 Å². The number of hydrogen-bond donors (Lipinski definition) is 2. The summed E-state index contributed by atoms with van der Waals surface area (Å²) >= 11 is 0. The van der Waals surface area contributed by atoms with Crippen LogP contribution in [0.2, 0.25) is 0 Å². The summed E-state index contributed by atoms with van der Waals surface area (Å²) < 4.78 is 5.64. The maximum atomic E-state index is 5.91. The first-order valence-electron chi connectivity index (χ1n) is 7.31. The normalized spacial score (nSPS) is 12.5. The Morgan fingerprint density at radius 3 is 2.58 bits per heavy atom. The zero-order valence-electron chi connectivity index (χ0n) is 12.7. The van der Waals surface area contributed by atoms with E-state index < -0.39 is 0 Å². The maximum Gasteiger partial charge on any atom is 0.144 e. The van der Waals surface area contributed by atoms with Crippen LogP contribution < -0.4 is 15.8 Å². The Kier molecular flexibility index (Phi) is 6.54. The largest absolute Gasteiger partial charge is 0.491 e. The fraction of sp³-hybridized carbons (Fsp3) is 0.625. The van der Waals surface area contributed by atoms with E-state index in [0.717, 1.165) is 23.8 Å². The van der Waals surface area contributed by atoms with Crippen molar-refractivity contribution >= 4 is 11.4 Å². The first-order chi connectivity index (χ1) is 9.02. The van der Waals surface area contributed by atoms with E-state index >= 15 is 0 Å². The molecule has 19 heavy (non-hydrogen) atoms. The second-order valence-corrected chi connectivity index (χ2v) is 5.62. The molecule has 0 aromatic heterocycles. The van der Waals surface area contributed by atoms with Crippen LogP contribution in [0.4, 0.5) is 11.4 Å². The van der Waals surface area contributed by atoms with Gasteiger partial charge in [-0.2, -0.15) is 0 Å². The molecule has 0 aliphatic rings. The van der Waals surface area contributed by atoms with Gasteiger partial charge in [0.2, 0.25) is 0 Å². The third kappa shape index (κ3) is 5.86. The van der Waals surface area contributed by atoms with Gasteiger partial charge in [-0.05, 0) is 44.2 Å². The molecule has 1 aromatic carbocycles. The highest BCUT2D eigenvalue weighted by Gasteiger charge is 2.06. The summed E-state index contributed by atoms with van der Waals surface area (Å²) in [4.78, 5) is 0. The third-order valence-corrected chi connectivity index (χ3v) is 3.07. The van der Waals surface area contributed by atoms with Crippen molar-refractivity contribution in [3.8, 4) is 5.75 Å². The van der Waals surface area contributed by atoms with Crippen molar-refractivity contribution in [3.05, 3.63) is 18.2 Å². The molecule has 0 spiro atoms. The molecule has 1 aromatic rings. The minimum absolute atomic E-state index is 0.463. The number of nitrogens with two attached hydrogens (primary N) is 1. The van der Waals surface area contributed by atoms with Gasteiger partial charge < -0.3 is 15.8 Å². The molecule has 0 saturated carbocycles. The number of anilines is 2. The van der Waals surface area contributed by atoms with Crippen LogP contribution in [0.5, 0.6) is 5.75 Å². The molecule has 1 atom stereocenters. The smallest absolute Gasteiger partial charge is 0.144 e. The lowest BCUT2D eigenvalue weighted by Gasteiger charge is -2.17. The van der Waals surface area contributed by atoms with Gasteiger partial charge >= 0.3 is 0 Å². The van der Waals surface area contributed by atoms with E-state index in [2.05, 4.69) is 33.0 Å². The Morgan fingerprint density at radius 1 is 1.21 bits per heavy atom. The quantitative estimate of drug-likeness (QED) is 0.688. The predicted octanol–water partition coefficient (Wildman–Crippen LogP) is 4.29. The molecule has 1 unspecified atom stereocenters. The molecule has 1 rings (SSSR count). The molecule has 3 N–H and O–H groups in total. The van der Waals surface area contributed by atoms with Crippen LogP contribution in [-0.2, 0) is 0 Å². The van der Waals surface area contributed by atoms with Gasteiger partial charge in [-0.3, -0.25) is 0 Å². The molecule has 0 heterocycles. The third-order valence-electron chi connectivity index (χ3n) is 3.07. The average Bonchev–Trinajstić information content (AvgIpc) is 2.37. The molecule has 0 bridgehead atoms. The molecule has 0 aliphatic carbocycles. The minimum Gasteiger partial charge on any atom is -0.491 e. The monoisotopic (exact) mass is 264 g/mol. The number of benzene rings is 1. The van der Waals surface area contributed by atoms with Gasteiger partial charge in [-0.1, -0.05) is 20.8 Å². The van der Waals surface area contributed by atoms with Gasteiger partial charge in [0.25, 0.3) is 0 Å². The van der Waals surface area contributed by atoms with Crippen molar-refractivity contribution in [3.63, 3.8) is 0 Å². The number of nitrogens with one attached hydrogen (secondary N) is 1. The van der Waals surface area contributed by atoms with Crippen molar-refractivity contribution in [2.24, 2.45) is 5.92 Å². The van der Waals surface area contributed by atoms with Crippen molar-refractivity contribution in [1.29, 1.82) is 0 Å². The average molecular weight is 264 g/mol. The maximum absolute atomic E-state index is 5.91. The second kappa shape index (κ2) is 7.93. The first-order valence-corrected chi connectivity index (χ1v) is 7.31. The summed E-state index contributed by atoms with van der Waals surface area (Å²) in [6.07, 6.45) is 3.40. The molecule has 108 valence electrons. The lowest BCUT2D eigenvalue weighted by molar-refractivity contribution is 0.319. The van der Waals surface area contributed by atoms with E-state index in [1.54, 1.807) is 0 Å². The molecule has 3 nitrogen and oxygen atoms in total. The zero-order valence-corrected chi connectivity index (χ0v) is 12.7. The molecule has 0 amide bonds. The van der Waals surface area contributed by atoms with Crippen LogP contribution in [0.25, 0.3) is 0 Å². The molecule has 3 heteroatoms. The summed E-state index contributed by atoms with van der Waals surface area (Å²) in [5.41, 5.74) is 7.69. The summed E-state index contributed by atoms with van der Waals surface area (Å²) in [6, 6.07) is 6.38. The topological polar surface area (TPSA) is 47.3 Å². The first kappa shape index (κ1) is 15.7. The van der Waals surface area contributed by atoms with E-state index in [0.29, 0.717) is 18.3 Å². The van der Waals surface area contributed by atoms with Gasteiger partial charge in [0.1, 0.15) is 5.75 Å². The van der Waals surface area contributed by atoms with Gasteiger partial charge in [-0.25, -0.2) is 0 Å². The van der Waals surface area contributed by atoms with E-state index in [4.69, 9.17) is 10.5 Å². The second-order valence-electron chi connectivity index (χ2n) is 5.62. The molecule has 0 radical (unpaired) electrons. The predicted molar refractivity (Wildman–Crippen MR) is 83.8 cm³/mol. The van der Waals surface area contributed by atoms with Crippen LogP contribution in [0, 0.1) is 5.92 Å². The Hall–Kier alpha value is -1.38. The van der Waals surface area contributed by atoms with E-state index in [1.807, 2.05) is 18.2 Å². The van der Waals surface area contributed by atoms with Gasteiger partial charge in [0, 0.05) is 17.8 Å². The van der Waals surface area contributed by atoms with E-state index in [1.165, 1.54) is 12.8 Å². The summed E-state index contributed by atoms with van der Waals surface area (Å²) in [5, 5.41) is 3.51. The van der Waals surface area contributed by atoms with Crippen molar-refractivity contribution in [1.82, 2.24) is 0 Å². The molecular formula is C16H28N2O. The van der Waals surface area contributed by atoms with Crippen LogP contribution >= 0.6 is 0 Å². The fourth-order valence-corrected chi connectivity index (χ4v) is 1.90. The van der Waals surface area contributed by atoms with E-state index in [9.17, 15) is 0 Å². The number of ether oxygens (including phenoxy) is 1. The number of hydrogen-bond acceptors (Lipinski definition) is 3. The minimum atomic E-state index is 0.463. The van der Waals surface area contributed by atoms with Crippen molar-refractivity contribution in [2.75, 3.05) is 17.7 Å². The lowest BCUT2D eigenvalue weighted by Crippen LogP contribution is -2.16. The number of rotatable bonds is 8. The SMILES string of the molecule is CCCOc1cc(NC(C)CCC(C)C)ccc1N. The van der Waals surface area contributed by atoms with E-state index in [-0.39, 0.29) is 0 Å². The highest BCUT2D eigenvalue weighted by molar-refractivity contribution is 5.61. The Morgan fingerprint density at radius 2 is 1.95 bits per heavy atom. The van der Waals surface area contributed by atoms with Gasteiger partial charge in [0.15, 0.2) is 0 Å². The van der Waals surface area contributed by atoms with Gasteiger partial charge in [-0.15, -0.1) is 0 Å². The molecule has 0 fully saturated rings. The number of nitrogen functional groups attached to an aromatic ring is 1. The van der Waals surface area contributed by atoms with Crippen molar-refractivity contribution < 1.29 is 4.74 Å². The summed E-state index contributed by atoms with van der Waals surface area (Å²) in [5.74, 6) is 1.53. The Bertz CT molecular complexity index is 377. The van der Waals surface area contributed by atoms with Crippen LogP contribution in [0.3, 0.4) is 0 Å². The standard InChI is InChI=1S/C16H28N2O/c1-5-10-19-16-11-14(8-9-15(16)17)18-13(4)7-6-12(2)3/h8-9,11-13,18H,5-7,10,17H2,1-4H3. The molecular weight excluding hydrogens is 236 g/mol. The van der Waals surface area contributed by atoms with Gasteiger partial charge in [0.05, 0.1) is 12.3 Å². The highest BCUT2D eigenvalue weighted by atomic mass is 16.5. The molecule has 0 aliphatic heterocycles. The zero-order chi connectivity index (χ0) is 14.3.